The summed E-state index contributed by atoms with van der Waals surface area (Å²) in [5.74, 6) is 4.66. The van der Waals surface area contributed by atoms with Crippen LogP contribution in [-0.4, -0.2) is 27.5 Å². The van der Waals surface area contributed by atoms with Crippen molar-refractivity contribution in [2.75, 3.05) is 5.75 Å². The lowest BCUT2D eigenvalue weighted by Crippen LogP contribution is -2.57. The maximum atomic E-state index is 12.3. The number of Topliss-reactive ketones (excluding diaryl/α,β-unsaturated/α-hetero) is 1. The molecule has 2 nitrogen and oxygen atoms in total. The minimum absolute atomic E-state index is 0.251. The van der Waals surface area contributed by atoms with Gasteiger partial charge in [-0.3, -0.25) is 4.79 Å². The van der Waals surface area contributed by atoms with Gasteiger partial charge >= 0.3 is 0 Å². The molecule has 0 bridgehead atoms. The molecule has 0 aromatic heterocycles. The molecule has 3 heteroatoms. The zero-order chi connectivity index (χ0) is 21.0. The summed E-state index contributed by atoms with van der Waals surface area (Å²) in [6.07, 6.45) is 12.6. The van der Waals surface area contributed by atoms with Crippen LogP contribution in [0.4, 0.5) is 0 Å². The smallest absolute Gasteiger partial charge is 0.133 e. The molecular formula is C26H42O2S. The first-order valence-electron chi connectivity index (χ1n) is 12.1. The summed E-state index contributed by atoms with van der Waals surface area (Å²) < 4.78 is 0. The number of fused-ring (bicyclic) bond motifs is 5. The van der Waals surface area contributed by atoms with Gasteiger partial charge in [0.25, 0.3) is 0 Å². The van der Waals surface area contributed by atoms with Crippen molar-refractivity contribution in [2.45, 2.75) is 96.3 Å². The van der Waals surface area contributed by atoms with Gasteiger partial charge in [0.15, 0.2) is 0 Å². The van der Waals surface area contributed by atoms with Crippen molar-refractivity contribution in [2.24, 2.45) is 40.4 Å². The Balaban J connectivity index is 1.52. The van der Waals surface area contributed by atoms with Gasteiger partial charge in [-0.15, -0.1) is 6.58 Å². The van der Waals surface area contributed by atoms with Crippen molar-refractivity contribution in [3.05, 3.63) is 12.7 Å². The summed E-state index contributed by atoms with van der Waals surface area (Å²) >= 11 is 1.86. The van der Waals surface area contributed by atoms with E-state index in [0.29, 0.717) is 23.0 Å². The molecule has 0 radical (unpaired) electrons. The summed E-state index contributed by atoms with van der Waals surface area (Å²) in [4.78, 5) is 12.3. The predicted molar refractivity (Wildman–Crippen MR) is 123 cm³/mol. The summed E-state index contributed by atoms with van der Waals surface area (Å²) in [6, 6.07) is 0. The molecule has 4 rings (SSSR count). The van der Waals surface area contributed by atoms with Crippen LogP contribution >= 0.6 is 11.8 Å². The minimum atomic E-state index is -0.513. The number of thioether (sulfide) groups is 1. The van der Waals surface area contributed by atoms with Gasteiger partial charge < -0.3 is 5.11 Å². The van der Waals surface area contributed by atoms with Crippen LogP contribution in [0.1, 0.15) is 85.5 Å². The molecule has 4 saturated carbocycles. The molecule has 1 N–H and O–H groups in total. The highest BCUT2D eigenvalue weighted by atomic mass is 32.2. The Morgan fingerprint density at radius 2 is 1.83 bits per heavy atom. The minimum Gasteiger partial charge on any atom is -0.389 e. The molecule has 0 saturated heterocycles. The molecule has 164 valence electrons. The van der Waals surface area contributed by atoms with Gasteiger partial charge in [0.05, 0.1) is 5.60 Å². The quantitative estimate of drug-likeness (QED) is 0.534. The Morgan fingerprint density at radius 1 is 1.10 bits per heavy atom. The second-order valence-electron chi connectivity index (χ2n) is 11.5. The highest BCUT2D eigenvalue weighted by molar-refractivity contribution is 8.00. The Morgan fingerprint density at radius 3 is 2.52 bits per heavy atom. The van der Waals surface area contributed by atoms with E-state index in [1.165, 1.54) is 38.5 Å². The fraction of sp³-hybridized carbons (Fsp3) is 0.885. The predicted octanol–water partition coefficient (Wildman–Crippen LogP) is 6.27. The van der Waals surface area contributed by atoms with E-state index in [-0.39, 0.29) is 10.7 Å². The Hall–Kier alpha value is -0.280. The van der Waals surface area contributed by atoms with Crippen LogP contribution in [0.25, 0.3) is 0 Å². The van der Waals surface area contributed by atoms with Gasteiger partial charge in [-0.25, -0.2) is 0 Å². The molecule has 4 aliphatic carbocycles. The summed E-state index contributed by atoms with van der Waals surface area (Å²) in [6.45, 7) is 12.9. The highest BCUT2D eigenvalue weighted by Gasteiger charge is 2.62. The van der Waals surface area contributed by atoms with Crippen molar-refractivity contribution in [3.63, 3.8) is 0 Å². The molecule has 0 aromatic rings. The second kappa shape index (κ2) is 7.69. The molecule has 29 heavy (non-hydrogen) atoms. The van der Waals surface area contributed by atoms with E-state index in [4.69, 9.17) is 0 Å². The third kappa shape index (κ3) is 3.37. The lowest BCUT2D eigenvalue weighted by molar-refractivity contribution is -0.152. The largest absolute Gasteiger partial charge is 0.389 e. The average Bonchev–Trinajstić information content (AvgIpc) is 3.04. The van der Waals surface area contributed by atoms with E-state index >= 15 is 0 Å². The third-order valence-electron chi connectivity index (χ3n) is 10.5. The van der Waals surface area contributed by atoms with Crippen LogP contribution in [0.5, 0.6) is 0 Å². The van der Waals surface area contributed by atoms with Crippen LogP contribution < -0.4 is 0 Å². The van der Waals surface area contributed by atoms with Crippen molar-refractivity contribution in [1.82, 2.24) is 0 Å². The van der Waals surface area contributed by atoms with Gasteiger partial charge in [-0.2, -0.15) is 11.8 Å². The lowest BCUT2D eigenvalue weighted by Gasteiger charge is -2.62. The van der Waals surface area contributed by atoms with E-state index in [1.807, 2.05) is 24.8 Å². The summed E-state index contributed by atoms with van der Waals surface area (Å²) in [5, 5.41) is 11.8. The standard InChI is InChI=1S/C26H42O2S/c1-6-15-29-18(3)26(28)14-13-24(4)19(16-26)7-8-20-22-10-9-21(17(2)27)25(22,5)12-11-23(20)24/h6,18-23,28H,1,7-16H2,2-5H3/t18?,19?,20-,21+,22-,23-,24-,25+,26+/m0/s1. The van der Waals surface area contributed by atoms with Gasteiger partial charge in [0, 0.05) is 16.9 Å². The Labute approximate surface area is 182 Å². The zero-order valence-electron chi connectivity index (χ0n) is 19.1. The van der Waals surface area contributed by atoms with Gasteiger partial charge in [0.1, 0.15) is 5.78 Å². The number of rotatable bonds is 5. The van der Waals surface area contributed by atoms with Crippen molar-refractivity contribution in [1.29, 1.82) is 0 Å². The average molecular weight is 419 g/mol. The van der Waals surface area contributed by atoms with Crippen molar-refractivity contribution in [3.8, 4) is 0 Å². The monoisotopic (exact) mass is 418 g/mol. The van der Waals surface area contributed by atoms with E-state index in [0.717, 1.165) is 42.8 Å². The lowest BCUT2D eigenvalue weighted by atomic mass is 9.43. The number of hydrogen-bond donors (Lipinski definition) is 1. The van der Waals surface area contributed by atoms with E-state index in [2.05, 4.69) is 27.4 Å². The molecule has 2 unspecified atom stereocenters. The molecule has 4 aliphatic rings. The number of hydrogen-bond acceptors (Lipinski definition) is 3. The first kappa shape index (κ1) is 21.9. The summed E-state index contributed by atoms with van der Waals surface area (Å²) in [5.41, 5.74) is 0.121. The Bertz CT molecular complexity index is 661. The zero-order valence-corrected chi connectivity index (χ0v) is 19.9. The number of ketones is 1. The Kier molecular flexibility index (Phi) is 5.82. The fourth-order valence-electron chi connectivity index (χ4n) is 8.68. The van der Waals surface area contributed by atoms with Crippen molar-refractivity contribution >= 4 is 17.5 Å². The number of aliphatic hydroxyl groups is 1. The maximum absolute atomic E-state index is 12.3. The third-order valence-corrected chi connectivity index (χ3v) is 11.8. The molecule has 9 atom stereocenters. The topological polar surface area (TPSA) is 37.3 Å². The van der Waals surface area contributed by atoms with Crippen LogP contribution in [0.2, 0.25) is 0 Å². The van der Waals surface area contributed by atoms with Crippen LogP contribution in [-0.2, 0) is 4.79 Å². The SMILES string of the molecule is C=CCSC(C)[C@@]1(O)CC[C@@]2(C)C(CC[C@H]3[C@@H]4CC[C@H](C(C)=O)[C@@]4(C)CC[C@@H]32)C1. The normalized spacial score (nSPS) is 50.2. The van der Waals surface area contributed by atoms with Crippen molar-refractivity contribution < 1.29 is 9.90 Å². The molecule has 0 aliphatic heterocycles. The van der Waals surface area contributed by atoms with Gasteiger partial charge in [-0.05, 0) is 99.2 Å². The van der Waals surface area contributed by atoms with Crippen LogP contribution in [0.3, 0.4) is 0 Å². The maximum Gasteiger partial charge on any atom is 0.133 e. The second-order valence-corrected chi connectivity index (χ2v) is 12.9. The number of carbonyl (C=O) groups is 1. The van der Waals surface area contributed by atoms with E-state index in [1.54, 1.807) is 0 Å². The summed E-state index contributed by atoms with van der Waals surface area (Å²) in [7, 11) is 0. The molecule has 0 spiro atoms. The highest BCUT2D eigenvalue weighted by Crippen LogP contribution is 2.68. The molecular weight excluding hydrogens is 376 g/mol. The number of carbonyl (C=O) groups excluding carboxylic acids is 1. The molecule has 0 heterocycles. The molecule has 0 aromatic carbocycles. The first-order chi connectivity index (χ1) is 13.7. The van der Waals surface area contributed by atoms with E-state index < -0.39 is 5.60 Å². The van der Waals surface area contributed by atoms with E-state index in [9.17, 15) is 9.90 Å². The molecule has 0 amide bonds. The van der Waals surface area contributed by atoms with Gasteiger partial charge in [-0.1, -0.05) is 26.8 Å². The fourth-order valence-corrected chi connectivity index (χ4v) is 9.63. The molecule has 4 fully saturated rings. The van der Waals surface area contributed by atoms with Crippen LogP contribution in [0.15, 0.2) is 12.7 Å². The van der Waals surface area contributed by atoms with Gasteiger partial charge in [0.2, 0.25) is 0 Å². The first-order valence-corrected chi connectivity index (χ1v) is 13.2. The van der Waals surface area contributed by atoms with Crippen LogP contribution in [0, 0.1) is 40.4 Å².